The van der Waals surface area contributed by atoms with E-state index in [2.05, 4.69) is 118 Å². The maximum absolute atomic E-state index is 12.8. The molecule has 1 atom stereocenters. The summed E-state index contributed by atoms with van der Waals surface area (Å²) in [4.78, 5) is 37.8. The van der Waals surface area contributed by atoms with E-state index >= 15 is 0 Å². The Morgan fingerprint density at radius 1 is 0.350 bits per heavy atom. The molecule has 0 heterocycles. The minimum atomic E-state index is -0.807. The summed E-state index contributed by atoms with van der Waals surface area (Å²) in [5, 5.41) is 0. The molecule has 0 saturated carbocycles. The fourth-order valence-electron chi connectivity index (χ4n) is 6.26. The van der Waals surface area contributed by atoms with E-state index in [4.69, 9.17) is 14.2 Å². The van der Waals surface area contributed by atoms with Crippen molar-refractivity contribution in [2.24, 2.45) is 0 Å². The van der Waals surface area contributed by atoms with Crippen LogP contribution >= 0.6 is 0 Å². The van der Waals surface area contributed by atoms with Gasteiger partial charge in [-0.3, -0.25) is 14.4 Å². The molecule has 6 heteroatoms. The minimum absolute atomic E-state index is 0.102. The quantitative estimate of drug-likeness (QED) is 0.0264. The summed E-state index contributed by atoms with van der Waals surface area (Å²) in [6.07, 6.45) is 62.5. The highest BCUT2D eigenvalue weighted by Crippen LogP contribution is 2.13. The highest BCUT2D eigenvalue weighted by atomic mass is 16.6. The van der Waals surface area contributed by atoms with Crippen molar-refractivity contribution >= 4 is 17.9 Å². The van der Waals surface area contributed by atoms with Gasteiger partial charge in [0.2, 0.25) is 0 Å². The van der Waals surface area contributed by atoms with Crippen molar-refractivity contribution in [3.8, 4) is 0 Å². The summed E-state index contributed by atoms with van der Waals surface area (Å²) in [5.74, 6) is -0.988. The van der Waals surface area contributed by atoms with E-state index in [9.17, 15) is 14.4 Å². The molecule has 6 nitrogen and oxygen atoms in total. The van der Waals surface area contributed by atoms with Crippen LogP contribution in [0.25, 0.3) is 0 Å². The lowest BCUT2D eigenvalue weighted by Crippen LogP contribution is -2.30. The summed E-state index contributed by atoms with van der Waals surface area (Å²) in [6.45, 7) is 6.32. The molecule has 0 radical (unpaired) electrons. The molecular weight excluding hydrogens is 745 g/mol. The van der Waals surface area contributed by atoms with Crippen LogP contribution in [0.4, 0.5) is 0 Å². The van der Waals surface area contributed by atoms with Crippen molar-refractivity contribution in [3.05, 3.63) is 97.2 Å². The molecule has 340 valence electrons. The van der Waals surface area contributed by atoms with Crippen molar-refractivity contribution in [2.45, 2.75) is 213 Å². The Morgan fingerprint density at radius 3 is 1.08 bits per heavy atom. The molecular formula is C54H88O6. The summed E-state index contributed by atoms with van der Waals surface area (Å²) >= 11 is 0. The third-order valence-electron chi connectivity index (χ3n) is 9.83. The second-order valence-corrected chi connectivity index (χ2v) is 15.6. The van der Waals surface area contributed by atoms with Gasteiger partial charge in [0.1, 0.15) is 13.2 Å². The van der Waals surface area contributed by atoms with Crippen LogP contribution in [0, 0.1) is 0 Å². The number of hydrogen-bond acceptors (Lipinski definition) is 6. The van der Waals surface area contributed by atoms with E-state index in [0.717, 1.165) is 116 Å². The number of allylic oxidation sites excluding steroid dienone is 16. The van der Waals surface area contributed by atoms with Crippen molar-refractivity contribution in [3.63, 3.8) is 0 Å². The second-order valence-electron chi connectivity index (χ2n) is 15.6. The first-order valence-electron chi connectivity index (χ1n) is 24.2. The normalized spacial score (nSPS) is 12.9. The Labute approximate surface area is 368 Å². The average Bonchev–Trinajstić information content (AvgIpc) is 3.24. The number of carbonyl (C=O) groups excluding carboxylic acids is 3. The fraction of sp³-hybridized carbons (Fsp3) is 0.648. The van der Waals surface area contributed by atoms with Crippen LogP contribution in [0.3, 0.4) is 0 Å². The maximum atomic E-state index is 12.8. The molecule has 0 N–H and O–H groups in total. The lowest BCUT2D eigenvalue weighted by atomic mass is 10.1. The highest BCUT2D eigenvalue weighted by Gasteiger charge is 2.19. The van der Waals surface area contributed by atoms with Gasteiger partial charge in [0.05, 0.1) is 0 Å². The highest BCUT2D eigenvalue weighted by molar-refractivity contribution is 5.71. The van der Waals surface area contributed by atoms with Gasteiger partial charge in [-0.1, -0.05) is 195 Å². The molecule has 0 fully saturated rings. The summed E-state index contributed by atoms with van der Waals surface area (Å²) < 4.78 is 16.7. The van der Waals surface area contributed by atoms with E-state index in [-0.39, 0.29) is 37.5 Å². The molecule has 0 aliphatic carbocycles. The molecule has 1 unspecified atom stereocenters. The van der Waals surface area contributed by atoms with E-state index in [0.29, 0.717) is 19.3 Å². The van der Waals surface area contributed by atoms with Crippen molar-refractivity contribution < 1.29 is 28.6 Å². The minimum Gasteiger partial charge on any atom is -0.462 e. The van der Waals surface area contributed by atoms with Crippen LogP contribution < -0.4 is 0 Å². The van der Waals surface area contributed by atoms with Gasteiger partial charge in [0.15, 0.2) is 6.10 Å². The first kappa shape index (κ1) is 56.3. The van der Waals surface area contributed by atoms with Gasteiger partial charge in [-0.2, -0.15) is 0 Å². The van der Waals surface area contributed by atoms with Gasteiger partial charge < -0.3 is 14.2 Å². The first-order valence-corrected chi connectivity index (χ1v) is 24.2. The number of hydrogen-bond donors (Lipinski definition) is 0. The van der Waals surface area contributed by atoms with Crippen LogP contribution in [0.1, 0.15) is 207 Å². The van der Waals surface area contributed by atoms with Gasteiger partial charge >= 0.3 is 17.9 Å². The summed E-state index contributed by atoms with van der Waals surface area (Å²) in [6, 6.07) is 0. The lowest BCUT2D eigenvalue weighted by molar-refractivity contribution is -0.167. The Kier molecular flexibility index (Phi) is 45.1. The molecule has 0 rings (SSSR count). The lowest BCUT2D eigenvalue weighted by Gasteiger charge is -2.18. The predicted octanol–water partition coefficient (Wildman–Crippen LogP) is 15.8. The molecule has 0 aromatic heterocycles. The van der Waals surface area contributed by atoms with Crippen LogP contribution in [0.2, 0.25) is 0 Å². The van der Waals surface area contributed by atoms with E-state index in [1.165, 1.54) is 44.9 Å². The zero-order chi connectivity index (χ0) is 43.7. The van der Waals surface area contributed by atoms with Crippen molar-refractivity contribution in [1.82, 2.24) is 0 Å². The van der Waals surface area contributed by atoms with Gasteiger partial charge in [-0.15, -0.1) is 0 Å². The molecule has 0 spiro atoms. The number of esters is 3. The van der Waals surface area contributed by atoms with Crippen LogP contribution in [-0.4, -0.2) is 37.2 Å². The Morgan fingerprint density at radius 2 is 0.667 bits per heavy atom. The van der Waals surface area contributed by atoms with Crippen LogP contribution in [0.5, 0.6) is 0 Å². The van der Waals surface area contributed by atoms with Gasteiger partial charge in [-0.05, 0) is 89.9 Å². The zero-order valence-corrected chi connectivity index (χ0v) is 38.7. The molecule has 0 bridgehead atoms. The topological polar surface area (TPSA) is 78.9 Å². The van der Waals surface area contributed by atoms with Crippen LogP contribution in [0.15, 0.2) is 97.2 Å². The average molecular weight is 833 g/mol. The van der Waals surface area contributed by atoms with Crippen molar-refractivity contribution in [2.75, 3.05) is 13.2 Å². The molecule has 0 amide bonds. The number of ether oxygens (including phenoxy) is 3. The fourth-order valence-corrected chi connectivity index (χ4v) is 6.26. The Bertz CT molecular complexity index is 1230. The van der Waals surface area contributed by atoms with Gasteiger partial charge in [-0.25, -0.2) is 0 Å². The molecule has 0 aliphatic heterocycles. The number of unbranched alkanes of at least 4 members (excludes halogenated alkanes) is 15. The van der Waals surface area contributed by atoms with E-state index < -0.39 is 6.10 Å². The van der Waals surface area contributed by atoms with E-state index in [1.54, 1.807) is 0 Å². The third kappa shape index (κ3) is 45.4. The SMILES string of the molecule is CC/C=C\C/C=C\C/C=C\C/C=C\C/C=C\CCCC(=O)OCC(COC(=O)CCCCCCCCCCCC)OC(=O)CCCCCCC/C=C\C/C=C\C/C=C\CC. The predicted molar refractivity (Wildman–Crippen MR) is 256 cm³/mol. The first-order chi connectivity index (χ1) is 29.5. The molecule has 0 saturated heterocycles. The maximum Gasteiger partial charge on any atom is 0.306 e. The van der Waals surface area contributed by atoms with Crippen molar-refractivity contribution in [1.29, 1.82) is 0 Å². The number of carbonyl (C=O) groups is 3. The molecule has 0 aromatic carbocycles. The molecule has 0 aliphatic rings. The number of rotatable bonds is 42. The summed E-state index contributed by atoms with van der Waals surface area (Å²) in [5.41, 5.74) is 0. The van der Waals surface area contributed by atoms with Gasteiger partial charge in [0.25, 0.3) is 0 Å². The standard InChI is InChI=1S/C54H88O6/c1-4-7-10-13-16-19-22-24-26-27-29-30-32-35-38-41-44-47-53(56)59-50-51(49-58-52(55)46-43-40-37-34-21-18-15-12-9-6-3)60-54(57)48-45-42-39-36-33-31-28-25-23-20-17-14-11-8-5-2/h7-8,10-11,16-17,19-20,24-26,28-30,35,38,51H,4-6,9,12-15,18,21-23,27,31-34,36-37,39-50H2,1-3H3/b10-7-,11-8-,19-16-,20-17-,26-24-,28-25-,30-29-,38-35-. The monoisotopic (exact) mass is 833 g/mol. The van der Waals surface area contributed by atoms with Crippen LogP contribution in [-0.2, 0) is 28.6 Å². The largest absolute Gasteiger partial charge is 0.462 e. The summed E-state index contributed by atoms with van der Waals surface area (Å²) in [7, 11) is 0. The Hall–Kier alpha value is -3.67. The third-order valence-corrected chi connectivity index (χ3v) is 9.83. The Balaban J connectivity index is 4.50. The zero-order valence-electron chi connectivity index (χ0n) is 38.7. The molecule has 60 heavy (non-hydrogen) atoms. The molecule has 0 aromatic rings. The van der Waals surface area contributed by atoms with E-state index in [1.807, 2.05) is 0 Å². The smallest absolute Gasteiger partial charge is 0.306 e. The van der Waals surface area contributed by atoms with Gasteiger partial charge in [0, 0.05) is 19.3 Å². The second kappa shape index (κ2) is 48.0.